The number of aryl methyl sites for hydroxylation is 1. The lowest BCUT2D eigenvalue weighted by Crippen LogP contribution is -2.42. The average molecular weight is 281 g/mol. The number of benzene rings is 1. The number of halogens is 1. The molecule has 1 nitrogen and oxygen atoms in total. The Hall–Kier alpha value is -0.690. The van der Waals surface area contributed by atoms with E-state index in [-0.39, 0.29) is 10.8 Å². The van der Waals surface area contributed by atoms with E-state index in [0.717, 1.165) is 12.2 Å². The summed E-state index contributed by atoms with van der Waals surface area (Å²) >= 11 is 6.24. The first kappa shape index (κ1) is 14.7. The number of ether oxygens (including phenoxy) is 1. The zero-order chi connectivity index (χ0) is 14.4. The molecular weight excluding hydrogens is 256 g/mol. The minimum atomic E-state index is 0.103. The Morgan fingerprint density at radius 3 is 2.42 bits per heavy atom. The van der Waals surface area contributed by atoms with Gasteiger partial charge in [-0.1, -0.05) is 33.8 Å². The molecule has 1 aromatic carbocycles. The van der Waals surface area contributed by atoms with Crippen molar-refractivity contribution in [3.63, 3.8) is 0 Å². The lowest BCUT2D eigenvalue weighted by molar-refractivity contribution is 0.229. The van der Waals surface area contributed by atoms with Crippen LogP contribution in [0.4, 0.5) is 0 Å². The molecule has 0 saturated carbocycles. The van der Waals surface area contributed by atoms with E-state index in [9.17, 15) is 0 Å². The molecule has 106 valence electrons. The second-order valence-electron chi connectivity index (χ2n) is 7.05. The van der Waals surface area contributed by atoms with Gasteiger partial charge in [0.25, 0.3) is 0 Å². The Morgan fingerprint density at radius 2 is 1.89 bits per heavy atom. The maximum absolute atomic E-state index is 6.24. The molecule has 0 spiro atoms. The van der Waals surface area contributed by atoms with Gasteiger partial charge in [-0.3, -0.25) is 0 Å². The third-order valence-corrected chi connectivity index (χ3v) is 5.17. The van der Waals surface area contributed by atoms with Gasteiger partial charge >= 0.3 is 0 Å². The summed E-state index contributed by atoms with van der Waals surface area (Å²) < 4.78 is 5.66. The minimum Gasteiger partial charge on any atom is -0.496 e. The van der Waals surface area contributed by atoms with Crippen LogP contribution in [0.1, 0.15) is 50.8 Å². The number of alkyl halides is 1. The largest absolute Gasteiger partial charge is 0.496 e. The van der Waals surface area contributed by atoms with Crippen molar-refractivity contribution in [3.05, 3.63) is 28.8 Å². The molecule has 1 aromatic rings. The summed E-state index contributed by atoms with van der Waals surface area (Å²) in [5.74, 6) is 2.25. The summed E-state index contributed by atoms with van der Waals surface area (Å²) in [6, 6.07) is 4.47. The molecule has 0 amide bonds. The van der Waals surface area contributed by atoms with Crippen molar-refractivity contribution < 1.29 is 4.74 Å². The number of rotatable bonds is 2. The van der Waals surface area contributed by atoms with Crippen LogP contribution >= 0.6 is 11.6 Å². The molecule has 0 heterocycles. The molecule has 19 heavy (non-hydrogen) atoms. The molecule has 1 atom stereocenters. The highest BCUT2D eigenvalue weighted by Crippen LogP contribution is 2.52. The van der Waals surface area contributed by atoms with E-state index in [1.165, 1.54) is 16.7 Å². The average Bonchev–Trinajstić information content (AvgIpc) is 2.32. The Kier molecular flexibility index (Phi) is 3.64. The Labute approximate surface area is 122 Å². The van der Waals surface area contributed by atoms with E-state index >= 15 is 0 Å². The van der Waals surface area contributed by atoms with Crippen molar-refractivity contribution in [1.29, 1.82) is 0 Å². The van der Waals surface area contributed by atoms with Crippen LogP contribution in [0.3, 0.4) is 0 Å². The molecule has 0 fully saturated rings. The number of fused-ring (bicyclic) bond motifs is 1. The fourth-order valence-electron chi connectivity index (χ4n) is 3.56. The second kappa shape index (κ2) is 4.70. The molecule has 0 saturated heterocycles. The lowest BCUT2D eigenvalue weighted by atomic mass is 9.58. The number of methoxy groups -OCH3 is 1. The Morgan fingerprint density at radius 1 is 1.26 bits per heavy atom. The van der Waals surface area contributed by atoms with E-state index < -0.39 is 0 Å². The van der Waals surface area contributed by atoms with Gasteiger partial charge in [0.15, 0.2) is 0 Å². The summed E-state index contributed by atoms with van der Waals surface area (Å²) in [5.41, 5.74) is 4.25. The van der Waals surface area contributed by atoms with Crippen molar-refractivity contribution >= 4 is 11.6 Å². The van der Waals surface area contributed by atoms with Gasteiger partial charge in [-0.2, -0.15) is 0 Å². The van der Waals surface area contributed by atoms with E-state index in [2.05, 4.69) is 46.8 Å². The molecule has 2 heteroatoms. The Bertz CT molecular complexity index is 488. The minimum absolute atomic E-state index is 0.103. The third kappa shape index (κ3) is 2.27. The molecule has 0 radical (unpaired) electrons. The van der Waals surface area contributed by atoms with Crippen molar-refractivity contribution in [2.45, 2.75) is 51.9 Å². The van der Waals surface area contributed by atoms with Crippen molar-refractivity contribution in [1.82, 2.24) is 0 Å². The second-order valence-corrected chi connectivity index (χ2v) is 7.36. The molecular formula is C17H25ClO. The van der Waals surface area contributed by atoms with E-state index in [0.29, 0.717) is 11.8 Å². The van der Waals surface area contributed by atoms with Gasteiger partial charge in [-0.05, 0) is 47.3 Å². The smallest absolute Gasteiger partial charge is 0.123 e. The summed E-state index contributed by atoms with van der Waals surface area (Å²) in [7, 11) is 1.77. The van der Waals surface area contributed by atoms with E-state index in [1.807, 2.05) is 0 Å². The molecule has 0 aromatic heterocycles. The first-order valence-electron chi connectivity index (χ1n) is 6.99. The van der Waals surface area contributed by atoms with Gasteiger partial charge in [0, 0.05) is 11.4 Å². The van der Waals surface area contributed by atoms with Crippen LogP contribution in [0.25, 0.3) is 0 Å². The Balaban J connectivity index is 2.75. The summed E-state index contributed by atoms with van der Waals surface area (Å²) in [5, 5.41) is 0. The normalized spacial score (nSPS) is 23.8. The van der Waals surface area contributed by atoms with Crippen LogP contribution in [0, 0.1) is 12.8 Å². The predicted molar refractivity (Wildman–Crippen MR) is 82.6 cm³/mol. The van der Waals surface area contributed by atoms with Crippen molar-refractivity contribution in [2.24, 2.45) is 5.92 Å². The molecule has 1 aliphatic rings. The zero-order valence-electron chi connectivity index (χ0n) is 12.9. The van der Waals surface area contributed by atoms with Crippen molar-refractivity contribution in [2.75, 3.05) is 13.0 Å². The summed E-state index contributed by atoms with van der Waals surface area (Å²) in [6.07, 6.45) is 1.11. The lowest BCUT2D eigenvalue weighted by Gasteiger charge is -2.47. The van der Waals surface area contributed by atoms with Crippen LogP contribution in [0.5, 0.6) is 5.75 Å². The van der Waals surface area contributed by atoms with Gasteiger partial charge in [-0.15, -0.1) is 11.6 Å². The molecule has 2 rings (SSSR count). The number of hydrogen-bond donors (Lipinski definition) is 0. The van der Waals surface area contributed by atoms with Gasteiger partial charge < -0.3 is 4.74 Å². The fraction of sp³-hybridized carbons (Fsp3) is 0.647. The molecule has 1 unspecified atom stereocenters. The van der Waals surface area contributed by atoms with Crippen LogP contribution in [0.15, 0.2) is 12.1 Å². The van der Waals surface area contributed by atoms with E-state index in [4.69, 9.17) is 16.3 Å². The van der Waals surface area contributed by atoms with Gasteiger partial charge in [0.1, 0.15) is 5.75 Å². The molecule has 0 N–H and O–H groups in total. The molecule has 1 aliphatic carbocycles. The van der Waals surface area contributed by atoms with Crippen molar-refractivity contribution in [3.8, 4) is 5.75 Å². The highest BCUT2D eigenvalue weighted by atomic mass is 35.5. The highest BCUT2D eigenvalue weighted by molar-refractivity contribution is 6.18. The van der Waals surface area contributed by atoms with Crippen LogP contribution in [-0.2, 0) is 10.8 Å². The third-order valence-electron chi connectivity index (χ3n) is 4.80. The van der Waals surface area contributed by atoms with Gasteiger partial charge in [-0.25, -0.2) is 0 Å². The summed E-state index contributed by atoms with van der Waals surface area (Å²) in [6.45, 7) is 11.4. The zero-order valence-corrected chi connectivity index (χ0v) is 13.7. The molecule has 0 aliphatic heterocycles. The number of hydrogen-bond acceptors (Lipinski definition) is 1. The van der Waals surface area contributed by atoms with Crippen LogP contribution < -0.4 is 4.74 Å². The van der Waals surface area contributed by atoms with E-state index in [1.54, 1.807) is 7.11 Å². The quantitative estimate of drug-likeness (QED) is 0.706. The maximum Gasteiger partial charge on any atom is 0.123 e. The SMILES string of the molecule is COc1cc(C)cc2c1C(C)(C)CC(CCl)C2(C)C. The van der Waals surface area contributed by atoms with Crippen LogP contribution in [-0.4, -0.2) is 13.0 Å². The summed E-state index contributed by atoms with van der Waals surface area (Å²) in [4.78, 5) is 0. The standard InChI is InChI=1S/C17H25ClO/c1-11-7-13-15(14(8-11)19-6)16(2,3)9-12(10-18)17(13,4)5/h7-8,12H,9-10H2,1-6H3. The first-order valence-corrected chi connectivity index (χ1v) is 7.53. The monoisotopic (exact) mass is 280 g/mol. The fourth-order valence-corrected chi connectivity index (χ4v) is 4.06. The predicted octanol–water partition coefficient (Wildman–Crippen LogP) is 4.82. The first-order chi connectivity index (χ1) is 8.74. The van der Waals surface area contributed by atoms with Gasteiger partial charge in [0.2, 0.25) is 0 Å². The molecule has 0 bridgehead atoms. The topological polar surface area (TPSA) is 9.23 Å². The highest BCUT2D eigenvalue weighted by Gasteiger charge is 2.45. The van der Waals surface area contributed by atoms with Gasteiger partial charge in [0.05, 0.1) is 7.11 Å². The van der Waals surface area contributed by atoms with Crippen LogP contribution in [0.2, 0.25) is 0 Å². The maximum atomic E-state index is 6.24.